The lowest BCUT2D eigenvalue weighted by molar-refractivity contribution is 0.101. The largest absolute Gasteiger partial charge is 0.349 e. The minimum absolute atomic E-state index is 0.0291. The van der Waals surface area contributed by atoms with Crippen LogP contribution in [0.25, 0.3) is 0 Å². The molecule has 5 nitrogen and oxygen atoms in total. The van der Waals surface area contributed by atoms with Crippen LogP contribution >= 0.6 is 0 Å². The fraction of sp³-hybridized carbons (Fsp3) is 0.133. The molecule has 0 amide bonds. The number of hydrogen-bond acceptors (Lipinski definition) is 5. The number of hydrogen-bond donors (Lipinski definition) is 0. The molecule has 0 fully saturated rings. The van der Waals surface area contributed by atoms with E-state index in [1.165, 1.54) is 5.56 Å². The van der Waals surface area contributed by atoms with Crippen molar-refractivity contribution in [1.29, 1.82) is 5.26 Å². The summed E-state index contributed by atoms with van der Waals surface area (Å²) < 4.78 is 0. The summed E-state index contributed by atoms with van der Waals surface area (Å²) in [4.78, 5) is 19.2. The number of para-hydroxylation sites is 2. The molecule has 4 aromatic carbocycles. The minimum Gasteiger partial charge on any atom is -0.349 e. The van der Waals surface area contributed by atoms with Crippen molar-refractivity contribution in [2.75, 3.05) is 21.4 Å². The first kappa shape index (κ1) is 21.0. The zero-order valence-electron chi connectivity index (χ0n) is 19.5. The predicted molar refractivity (Wildman–Crippen MR) is 140 cm³/mol. The van der Waals surface area contributed by atoms with Crippen LogP contribution in [0.4, 0.5) is 28.4 Å². The molecule has 0 unspecified atom stereocenters. The van der Waals surface area contributed by atoms with Crippen molar-refractivity contribution in [2.24, 2.45) is 0 Å². The lowest BCUT2D eigenvalue weighted by atomic mass is 9.93. The summed E-state index contributed by atoms with van der Waals surface area (Å²) in [5, 5.41) is 9.75. The first-order valence-corrected chi connectivity index (χ1v) is 11.7. The Bertz CT molecular complexity index is 1430. The average molecular weight is 457 g/mol. The first-order valence-electron chi connectivity index (χ1n) is 11.7. The normalized spacial score (nSPS) is 13.5. The third-order valence-electron chi connectivity index (χ3n) is 6.85. The number of rotatable bonds is 4. The van der Waals surface area contributed by atoms with Gasteiger partial charge in [-0.05, 0) is 61.0 Å². The van der Waals surface area contributed by atoms with Crippen molar-refractivity contribution in [3.8, 4) is 6.07 Å². The van der Waals surface area contributed by atoms with Crippen LogP contribution < -0.4 is 14.7 Å². The second-order valence-electron chi connectivity index (χ2n) is 9.01. The fourth-order valence-electron chi connectivity index (χ4n) is 5.31. The number of fused-ring (bicyclic) bond motifs is 6. The zero-order chi connectivity index (χ0) is 23.9. The topological polar surface area (TPSA) is 50.6 Å². The molecule has 0 spiro atoms. The molecule has 0 N–H and O–H groups in total. The van der Waals surface area contributed by atoms with Crippen molar-refractivity contribution in [3.63, 3.8) is 0 Å². The van der Waals surface area contributed by atoms with Gasteiger partial charge in [-0.3, -0.25) is 4.79 Å². The van der Waals surface area contributed by atoms with Gasteiger partial charge in [0.2, 0.25) is 0 Å². The quantitative estimate of drug-likeness (QED) is 0.327. The van der Waals surface area contributed by atoms with Gasteiger partial charge in [-0.2, -0.15) is 5.26 Å². The van der Waals surface area contributed by atoms with E-state index in [1.807, 2.05) is 12.1 Å². The van der Waals surface area contributed by atoms with Crippen LogP contribution in [0.3, 0.4) is 0 Å². The predicted octanol–water partition coefficient (Wildman–Crippen LogP) is 6.53. The maximum atomic E-state index is 12.4. The molecule has 2 aliphatic heterocycles. The Morgan fingerprint density at radius 1 is 0.829 bits per heavy atom. The Morgan fingerprint density at radius 3 is 2.14 bits per heavy atom. The van der Waals surface area contributed by atoms with E-state index in [9.17, 15) is 10.1 Å². The number of carbonyl (C=O) groups excluding carboxylic acids is 1. The lowest BCUT2D eigenvalue weighted by Gasteiger charge is -2.46. The second-order valence-corrected chi connectivity index (χ2v) is 9.01. The number of carbonyl (C=O) groups is 1. The SMILES string of the molecule is CC(=O)c1ccc(C#N)c2c1CN1CN2Cc2ccc(N(c3ccccc3)c3ccccc3)cc21. The summed E-state index contributed by atoms with van der Waals surface area (Å²) in [7, 11) is 0. The lowest BCUT2D eigenvalue weighted by Crippen LogP contribution is -2.47. The Labute approximate surface area is 205 Å². The molecule has 0 radical (unpaired) electrons. The number of anilines is 5. The van der Waals surface area contributed by atoms with E-state index in [0.29, 0.717) is 30.9 Å². The van der Waals surface area contributed by atoms with Crippen molar-refractivity contribution in [3.05, 3.63) is 113 Å². The molecule has 0 saturated carbocycles. The van der Waals surface area contributed by atoms with E-state index in [2.05, 4.69) is 87.5 Å². The van der Waals surface area contributed by atoms with Crippen LogP contribution in [0, 0.1) is 11.3 Å². The van der Waals surface area contributed by atoms with Crippen LogP contribution in [0.2, 0.25) is 0 Å². The van der Waals surface area contributed by atoms with E-state index in [-0.39, 0.29) is 5.78 Å². The number of nitrogens with zero attached hydrogens (tertiary/aromatic N) is 4. The van der Waals surface area contributed by atoms with E-state index < -0.39 is 0 Å². The monoisotopic (exact) mass is 456 g/mol. The molecule has 0 saturated heterocycles. The van der Waals surface area contributed by atoms with Gasteiger partial charge in [-0.15, -0.1) is 0 Å². The smallest absolute Gasteiger partial charge is 0.160 e. The maximum Gasteiger partial charge on any atom is 0.160 e. The van der Waals surface area contributed by atoms with Crippen LogP contribution in [0.1, 0.15) is 34.0 Å². The summed E-state index contributed by atoms with van der Waals surface area (Å²) in [5.74, 6) is 0.0291. The summed E-state index contributed by atoms with van der Waals surface area (Å²) >= 11 is 0. The van der Waals surface area contributed by atoms with Crippen LogP contribution in [0.15, 0.2) is 91.0 Å². The first-order chi connectivity index (χ1) is 17.1. The number of nitriles is 1. The maximum absolute atomic E-state index is 12.4. The number of benzene rings is 4. The third kappa shape index (κ3) is 3.51. The van der Waals surface area contributed by atoms with Gasteiger partial charge >= 0.3 is 0 Å². The zero-order valence-corrected chi connectivity index (χ0v) is 19.5. The molecule has 0 atom stereocenters. The molecule has 0 aromatic heterocycles. The summed E-state index contributed by atoms with van der Waals surface area (Å²) in [5.41, 5.74) is 8.82. The van der Waals surface area contributed by atoms with Crippen LogP contribution in [-0.4, -0.2) is 12.5 Å². The van der Waals surface area contributed by atoms with Gasteiger partial charge in [0, 0.05) is 47.0 Å². The molecule has 4 aromatic rings. The molecule has 35 heavy (non-hydrogen) atoms. The fourth-order valence-corrected chi connectivity index (χ4v) is 5.31. The molecule has 170 valence electrons. The van der Waals surface area contributed by atoms with Gasteiger partial charge in [0.05, 0.1) is 17.9 Å². The Kier molecular flexibility index (Phi) is 5.00. The van der Waals surface area contributed by atoms with Crippen LogP contribution in [0.5, 0.6) is 0 Å². The van der Waals surface area contributed by atoms with Gasteiger partial charge < -0.3 is 14.7 Å². The molecular weight excluding hydrogens is 432 g/mol. The van der Waals surface area contributed by atoms with E-state index >= 15 is 0 Å². The highest BCUT2D eigenvalue weighted by Gasteiger charge is 2.33. The average Bonchev–Trinajstić information content (AvgIpc) is 2.89. The molecule has 2 heterocycles. The Balaban J connectivity index is 1.46. The molecule has 6 rings (SSSR count). The standard InChI is InChI=1S/C30H24N4O/c1-21(35)27-15-13-22(17-31)30-28(27)19-32-20-33(30)18-23-12-14-26(16-29(23)32)34(24-8-4-2-5-9-24)25-10-6-3-7-11-25/h2-16H,18-20H2,1H3. The van der Waals surface area contributed by atoms with Crippen LogP contribution in [-0.2, 0) is 13.1 Å². The van der Waals surface area contributed by atoms with Crippen molar-refractivity contribution in [1.82, 2.24) is 0 Å². The Morgan fingerprint density at radius 2 is 1.51 bits per heavy atom. The van der Waals surface area contributed by atoms with E-state index in [1.54, 1.807) is 19.1 Å². The van der Waals surface area contributed by atoms with Gasteiger partial charge in [-0.25, -0.2) is 0 Å². The highest BCUT2D eigenvalue weighted by molar-refractivity contribution is 5.98. The molecule has 2 aliphatic rings. The summed E-state index contributed by atoms with van der Waals surface area (Å²) in [6, 6.07) is 33.3. The summed E-state index contributed by atoms with van der Waals surface area (Å²) in [6.07, 6.45) is 0. The van der Waals surface area contributed by atoms with Gasteiger partial charge in [0.25, 0.3) is 0 Å². The highest BCUT2D eigenvalue weighted by atomic mass is 16.1. The van der Waals surface area contributed by atoms with Crippen molar-refractivity contribution >= 4 is 34.2 Å². The van der Waals surface area contributed by atoms with Gasteiger partial charge in [-0.1, -0.05) is 42.5 Å². The minimum atomic E-state index is 0.0291. The third-order valence-corrected chi connectivity index (χ3v) is 6.85. The van der Waals surface area contributed by atoms with Crippen molar-refractivity contribution < 1.29 is 4.79 Å². The Hall–Kier alpha value is -4.56. The van der Waals surface area contributed by atoms with Gasteiger partial charge in [0.15, 0.2) is 5.78 Å². The number of Topliss-reactive ketones (excluding diaryl/α,β-unsaturated/α-hetero) is 1. The molecule has 0 aliphatic carbocycles. The molecular formula is C30H24N4O. The number of ketones is 1. The molecule has 2 bridgehead atoms. The van der Waals surface area contributed by atoms with E-state index in [4.69, 9.17) is 0 Å². The molecule has 5 heteroatoms. The highest BCUT2D eigenvalue weighted by Crippen LogP contribution is 2.44. The second kappa shape index (κ2) is 8.34. The summed E-state index contributed by atoms with van der Waals surface area (Å²) in [6.45, 7) is 3.59. The van der Waals surface area contributed by atoms with Crippen molar-refractivity contribution in [2.45, 2.75) is 20.0 Å². The van der Waals surface area contributed by atoms with Gasteiger partial charge in [0.1, 0.15) is 6.07 Å². The van der Waals surface area contributed by atoms with E-state index in [0.717, 1.165) is 34.0 Å².